The van der Waals surface area contributed by atoms with Crippen LogP contribution in [0.1, 0.15) is 128 Å². The Labute approximate surface area is 682 Å². The van der Waals surface area contributed by atoms with Gasteiger partial charge in [-0.1, -0.05) is 42.5 Å². The number of nitrogens with one attached hydrogen (secondary N) is 4. The van der Waals surface area contributed by atoms with Crippen molar-refractivity contribution in [2.24, 2.45) is 23.7 Å². The third-order valence-corrected chi connectivity index (χ3v) is 24.1. The summed E-state index contributed by atoms with van der Waals surface area (Å²) >= 11 is 0. The summed E-state index contributed by atoms with van der Waals surface area (Å²) in [6, 6.07) is 40.8. The molecule has 8 aromatic heterocycles. The van der Waals surface area contributed by atoms with Gasteiger partial charge in [0.1, 0.15) is 51.9 Å². The maximum atomic E-state index is 14.1. The molecule has 4 amide bonds. The molecular formula is C90H93F2N21O5. The van der Waals surface area contributed by atoms with E-state index >= 15 is 0 Å². The number of para-hydroxylation sites is 1. The molecule has 118 heavy (non-hydrogen) atoms. The van der Waals surface area contributed by atoms with Gasteiger partial charge in [-0.05, 0) is 235 Å². The van der Waals surface area contributed by atoms with Gasteiger partial charge in [-0.15, -0.1) is 0 Å². The highest BCUT2D eigenvalue weighted by Gasteiger charge is 2.52. The van der Waals surface area contributed by atoms with Crippen molar-refractivity contribution in [1.29, 1.82) is 0 Å². The second-order valence-corrected chi connectivity index (χ2v) is 32.3. The normalized spacial score (nSPS) is 22.6. The molecule has 20 rings (SSSR count). The van der Waals surface area contributed by atoms with Crippen LogP contribution in [0.2, 0.25) is 0 Å². The maximum absolute atomic E-state index is 14.1. The van der Waals surface area contributed by atoms with Crippen molar-refractivity contribution in [3.05, 3.63) is 263 Å². The smallest absolute Gasteiger partial charge is 0.260 e. The van der Waals surface area contributed by atoms with Crippen LogP contribution in [-0.4, -0.2) is 189 Å². The fourth-order valence-electron chi connectivity index (χ4n) is 18.8. The number of amides is 4. The van der Waals surface area contributed by atoms with E-state index in [1.165, 1.54) is 41.5 Å². The van der Waals surface area contributed by atoms with Crippen molar-refractivity contribution in [2.45, 2.75) is 141 Å². The van der Waals surface area contributed by atoms with E-state index in [9.17, 15) is 28.0 Å². The van der Waals surface area contributed by atoms with Crippen LogP contribution in [-0.2, 0) is 0 Å². The van der Waals surface area contributed by atoms with Gasteiger partial charge in [-0.25, -0.2) is 38.7 Å². The van der Waals surface area contributed by atoms with Crippen LogP contribution >= 0.6 is 0 Å². The molecule has 4 aromatic carbocycles. The molecule has 8 bridgehead atoms. The molecule has 4 saturated heterocycles. The molecule has 28 heteroatoms. The average Bonchev–Trinajstić information content (AvgIpc) is 1.58. The first-order chi connectivity index (χ1) is 57.4. The fourth-order valence-corrected chi connectivity index (χ4v) is 18.8. The lowest BCUT2D eigenvalue weighted by atomic mass is 10.0. The number of hydrogen-bond donors (Lipinski definition) is 4. The van der Waals surface area contributed by atoms with Crippen LogP contribution in [0.4, 0.5) is 32.1 Å². The highest BCUT2D eigenvalue weighted by atomic mass is 19.1. The summed E-state index contributed by atoms with van der Waals surface area (Å²) in [5.41, 5.74) is 9.78. The van der Waals surface area contributed by atoms with Crippen LogP contribution in [0, 0.1) is 69.9 Å². The van der Waals surface area contributed by atoms with Gasteiger partial charge in [-0.2, -0.15) is 30.0 Å². The molecule has 8 fully saturated rings. The minimum absolute atomic E-state index is 0.0126. The SMILES string of the molecule is CCOc1ccc2cccnc2c1C(=O)N1CC2CC(Nc3ccc(C)cn3)C1C2.Cc1ccc(NC2CC3CC2N(C(=O)c2cc(F)ccc2-c2ncccn2)C3)nc1.Cc1ccc(NC2CC3CC2N(C(=O)c2cc(F)ccc2-n2nccn2)C3)nc1.Cc1ccc(NC2CC3CC2N(C(=O)c2cccc(C)c2-n2nccn2)C3)nc1. The van der Waals surface area contributed by atoms with Crippen LogP contribution < -0.4 is 26.0 Å². The van der Waals surface area contributed by atoms with Gasteiger partial charge in [0.25, 0.3) is 23.6 Å². The van der Waals surface area contributed by atoms with E-state index in [1.54, 1.807) is 54.0 Å². The summed E-state index contributed by atoms with van der Waals surface area (Å²) in [5.74, 6) is 5.13. The van der Waals surface area contributed by atoms with Crippen LogP contribution in [0.15, 0.2) is 202 Å². The summed E-state index contributed by atoms with van der Waals surface area (Å²) in [6.45, 7) is 15.5. The Morgan fingerprint density at radius 2 is 0.831 bits per heavy atom. The minimum atomic E-state index is -0.452. The van der Waals surface area contributed by atoms with Gasteiger partial charge >= 0.3 is 0 Å². The lowest BCUT2D eigenvalue weighted by Crippen LogP contribution is -2.48. The van der Waals surface area contributed by atoms with E-state index < -0.39 is 11.6 Å². The quantitative estimate of drug-likeness (QED) is 0.0659. The molecule has 8 aliphatic rings. The van der Waals surface area contributed by atoms with E-state index in [4.69, 9.17) is 4.74 Å². The zero-order valence-electron chi connectivity index (χ0n) is 66.6. The monoisotopic (exact) mass is 1590 g/mol. The fraction of sp³-hybridized carbons (Fsp3) is 0.344. The number of halogens is 2. The zero-order valence-corrected chi connectivity index (χ0v) is 66.6. The molecule has 0 spiro atoms. The van der Waals surface area contributed by atoms with Gasteiger partial charge in [0.05, 0.1) is 83.5 Å². The van der Waals surface area contributed by atoms with Gasteiger partial charge in [-0.3, -0.25) is 24.2 Å². The van der Waals surface area contributed by atoms with Crippen LogP contribution in [0.3, 0.4) is 0 Å². The number of pyridine rings is 5. The molecular weight excluding hydrogens is 1490 g/mol. The first-order valence-electron chi connectivity index (χ1n) is 40.6. The summed E-state index contributed by atoms with van der Waals surface area (Å²) < 4.78 is 33.9. The second-order valence-electron chi connectivity index (χ2n) is 32.3. The molecule has 4 N–H and O–H groups in total. The number of benzene rings is 4. The Morgan fingerprint density at radius 1 is 0.407 bits per heavy atom. The van der Waals surface area contributed by atoms with Crippen molar-refractivity contribution in [3.8, 4) is 28.5 Å². The number of rotatable bonds is 17. The van der Waals surface area contributed by atoms with Crippen molar-refractivity contribution < 1.29 is 32.7 Å². The lowest BCUT2D eigenvalue weighted by Gasteiger charge is -2.34. The number of aryl methyl sites for hydroxylation is 5. The van der Waals surface area contributed by atoms with Crippen molar-refractivity contribution in [3.63, 3.8) is 0 Å². The van der Waals surface area contributed by atoms with Gasteiger partial charge in [0, 0.05) is 105 Å². The number of carbonyl (C=O) groups excluding carboxylic acids is 4. The van der Waals surface area contributed by atoms with Crippen molar-refractivity contribution in [2.75, 3.05) is 54.1 Å². The minimum Gasteiger partial charge on any atom is -0.493 e. The summed E-state index contributed by atoms with van der Waals surface area (Å²) in [6.07, 6.45) is 26.8. The maximum Gasteiger partial charge on any atom is 0.260 e. The summed E-state index contributed by atoms with van der Waals surface area (Å²) in [4.78, 5) is 95.7. The molecule has 12 aromatic rings. The molecule has 602 valence electrons. The number of hydrogen-bond acceptors (Lipinski definition) is 20. The molecule has 4 aliphatic heterocycles. The third kappa shape index (κ3) is 16.3. The largest absolute Gasteiger partial charge is 0.493 e. The second kappa shape index (κ2) is 33.7. The van der Waals surface area contributed by atoms with Gasteiger partial charge in [0.2, 0.25) is 0 Å². The van der Waals surface area contributed by atoms with E-state index in [0.717, 1.165) is 127 Å². The van der Waals surface area contributed by atoms with Gasteiger partial charge < -0.3 is 45.6 Å². The van der Waals surface area contributed by atoms with Crippen LogP contribution in [0.5, 0.6) is 5.75 Å². The number of anilines is 4. The number of nitrogens with zero attached hydrogens (tertiary/aromatic N) is 17. The molecule has 12 atom stereocenters. The van der Waals surface area contributed by atoms with Crippen molar-refractivity contribution in [1.82, 2.24) is 84.5 Å². The third-order valence-electron chi connectivity index (χ3n) is 24.1. The Bertz CT molecular complexity index is 5510. The standard InChI is InChI=1S/C24H26N4O2.C23H22FN5O.C22H24N6O.C21H21FN6O/c1-3-30-20-8-7-17-5-4-10-25-23(17)22(20)24(29)28-14-16-11-18(19(28)12-16)27-21-9-6-15(2)13-26-21;1-14-3-6-21(27-12-14)28-19-9-15-10-20(19)29(13-15)23(30)18-11-16(24)4-5-17(18)22-25-7-2-8-26-22;1-14-6-7-20(23-12-14)26-18-10-16-11-19(18)27(13-16)22(29)17-5-3-4-15(2)21(17)28-24-8-9-25-28;1-13-2-5-20(23-11-13)26-17-8-14-9-19(17)27(12-14)21(29)16-10-15(22)3-4-18(16)28-24-6-7-25-28/h4-10,13,16,18-19H,3,11-12,14H2,1-2H3,(H,26,27);2-8,11-12,15,19-20H,9-10,13H2,1H3,(H,27,28);3-9,12,16,18-19H,10-11,13H2,1-2H3,(H,23,26);2-7,10-11,14,17,19H,8-9,12H2,1H3,(H,23,26). The predicted octanol–water partition coefficient (Wildman–Crippen LogP) is 13.6. The predicted molar refractivity (Wildman–Crippen MR) is 443 cm³/mol. The lowest BCUT2D eigenvalue weighted by molar-refractivity contribution is 0.0683. The molecule has 26 nitrogen and oxygen atoms in total. The van der Waals surface area contributed by atoms with E-state index in [-0.39, 0.29) is 77.5 Å². The number of ether oxygens (including phenoxy) is 1. The Morgan fingerprint density at radius 3 is 1.28 bits per heavy atom. The highest BCUT2D eigenvalue weighted by Crippen LogP contribution is 2.45. The number of fused-ring (bicyclic) bond motifs is 9. The molecule has 12 heterocycles. The van der Waals surface area contributed by atoms with E-state index in [1.807, 2.05) is 165 Å². The zero-order chi connectivity index (χ0) is 81.2. The number of carbonyl (C=O) groups is 4. The topological polar surface area (TPSA) is 290 Å². The first-order valence-corrected chi connectivity index (χ1v) is 40.6. The first kappa shape index (κ1) is 77.6. The highest BCUT2D eigenvalue weighted by molar-refractivity contribution is 6.08. The van der Waals surface area contributed by atoms with Crippen molar-refractivity contribution >= 4 is 57.8 Å². The Balaban J connectivity index is 0.000000113. The Hall–Kier alpha value is -13.0. The molecule has 12 unspecified atom stereocenters. The molecule has 4 aliphatic carbocycles. The van der Waals surface area contributed by atoms with Gasteiger partial charge in [0.15, 0.2) is 5.82 Å². The Kier molecular flexibility index (Phi) is 22.1. The number of likely N-dealkylation sites (tertiary alicyclic amines) is 4. The van der Waals surface area contributed by atoms with E-state index in [0.29, 0.717) is 88.4 Å². The van der Waals surface area contributed by atoms with E-state index in [2.05, 4.69) is 88.7 Å². The number of piperidine rings is 4. The summed E-state index contributed by atoms with van der Waals surface area (Å²) in [7, 11) is 0. The average molecular weight is 1590 g/mol. The molecule has 4 saturated carbocycles. The van der Waals surface area contributed by atoms with Crippen LogP contribution in [0.25, 0.3) is 33.7 Å². The summed E-state index contributed by atoms with van der Waals surface area (Å²) in [5, 5.41) is 31.8. The number of aromatic nitrogens is 13. The molecule has 0 radical (unpaired) electrons.